The number of nitrogens with one attached hydrogen (secondary N) is 1. The Labute approximate surface area is 181 Å². The lowest BCUT2D eigenvalue weighted by atomic mass is 9.61. The van der Waals surface area contributed by atoms with Crippen LogP contribution in [0.4, 0.5) is 5.69 Å². The van der Waals surface area contributed by atoms with Gasteiger partial charge >= 0.3 is 0 Å². The van der Waals surface area contributed by atoms with Gasteiger partial charge in [0.1, 0.15) is 0 Å². The van der Waals surface area contributed by atoms with Gasteiger partial charge in [0.2, 0.25) is 0 Å². The van der Waals surface area contributed by atoms with Gasteiger partial charge in [-0.15, -0.1) is 6.58 Å². The van der Waals surface area contributed by atoms with Gasteiger partial charge in [-0.1, -0.05) is 58.6 Å². The van der Waals surface area contributed by atoms with Gasteiger partial charge in [0.15, 0.2) is 0 Å². The molecule has 28 heavy (non-hydrogen) atoms. The Morgan fingerprint density at radius 2 is 2.04 bits per heavy atom. The predicted octanol–water partition coefficient (Wildman–Crippen LogP) is 8.26. The van der Waals surface area contributed by atoms with Crippen molar-refractivity contribution in [2.24, 2.45) is 23.2 Å². The molecule has 2 saturated carbocycles. The van der Waals surface area contributed by atoms with Gasteiger partial charge in [0.05, 0.1) is 0 Å². The van der Waals surface area contributed by atoms with E-state index in [0.717, 1.165) is 24.2 Å². The van der Waals surface area contributed by atoms with Crippen molar-refractivity contribution in [1.29, 1.82) is 0 Å². The fourth-order valence-corrected chi connectivity index (χ4v) is 6.81. The van der Waals surface area contributed by atoms with Gasteiger partial charge in [-0.2, -0.15) is 0 Å². The molecule has 0 bridgehead atoms. The van der Waals surface area contributed by atoms with E-state index in [-0.39, 0.29) is 0 Å². The maximum absolute atomic E-state index is 4.20. The number of anilines is 1. The van der Waals surface area contributed by atoms with Crippen LogP contribution in [-0.2, 0) is 0 Å². The molecule has 2 aliphatic rings. The molecular formula is C26H38BrN. The van der Waals surface area contributed by atoms with Gasteiger partial charge < -0.3 is 5.32 Å². The van der Waals surface area contributed by atoms with Crippen LogP contribution < -0.4 is 5.32 Å². The van der Waals surface area contributed by atoms with E-state index in [1.165, 1.54) is 55.3 Å². The Bertz CT molecular complexity index is 704. The molecule has 1 aromatic rings. The fourth-order valence-electron chi connectivity index (χ4n) is 6.26. The zero-order valence-corrected chi connectivity index (χ0v) is 19.8. The maximum atomic E-state index is 4.20. The summed E-state index contributed by atoms with van der Waals surface area (Å²) >= 11 is 3.66. The molecule has 154 valence electrons. The molecule has 1 nitrogen and oxygen atoms in total. The number of allylic oxidation sites excluding steroid dienone is 1. The van der Waals surface area contributed by atoms with Gasteiger partial charge in [0.25, 0.3) is 0 Å². The predicted molar refractivity (Wildman–Crippen MR) is 127 cm³/mol. The molecule has 0 saturated heterocycles. The Morgan fingerprint density at radius 3 is 2.68 bits per heavy atom. The summed E-state index contributed by atoms with van der Waals surface area (Å²) in [6, 6.07) is 9.29. The lowest BCUT2D eigenvalue weighted by molar-refractivity contribution is 0.0925. The van der Waals surface area contributed by atoms with Crippen molar-refractivity contribution in [3.8, 4) is 0 Å². The van der Waals surface area contributed by atoms with E-state index in [2.05, 4.69) is 84.8 Å². The highest BCUT2D eigenvalue weighted by molar-refractivity contribution is 9.11. The normalized spacial score (nSPS) is 30.7. The molecule has 0 radical (unpaired) electrons. The summed E-state index contributed by atoms with van der Waals surface area (Å²) in [4.78, 5) is 2.24. The SMILES string of the molecule is C=C(C)CC(C[C@@H](C)[C@H]1CCC2/C(=C/Br)CCC[C@@]21C)Nc1ccc(C)cc1. The smallest absolute Gasteiger partial charge is 0.0342 e. The van der Waals surface area contributed by atoms with Crippen LogP contribution in [0.1, 0.15) is 71.3 Å². The molecule has 3 rings (SSSR count). The maximum Gasteiger partial charge on any atom is 0.0342 e. The molecule has 1 aromatic carbocycles. The summed E-state index contributed by atoms with van der Waals surface area (Å²) in [6.07, 6.45) is 9.08. The molecule has 2 heteroatoms. The summed E-state index contributed by atoms with van der Waals surface area (Å²) in [5.74, 6) is 2.34. The molecule has 0 aliphatic heterocycles. The van der Waals surface area contributed by atoms with E-state index >= 15 is 0 Å². The number of hydrogen-bond acceptors (Lipinski definition) is 1. The fraction of sp³-hybridized carbons (Fsp3) is 0.615. The first-order valence-electron chi connectivity index (χ1n) is 11.1. The first-order chi connectivity index (χ1) is 13.3. The van der Waals surface area contributed by atoms with Gasteiger partial charge in [-0.3, -0.25) is 0 Å². The van der Waals surface area contributed by atoms with Crippen LogP contribution in [0.15, 0.2) is 47.0 Å². The van der Waals surface area contributed by atoms with Crippen molar-refractivity contribution in [3.63, 3.8) is 0 Å². The molecule has 5 atom stereocenters. The first-order valence-corrected chi connectivity index (χ1v) is 12.0. The molecule has 2 aliphatic carbocycles. The average Bonchev–Trinajstić information content (AvgIpc) is 3.00. The number of benzene rings is 1. The van der Waals surface area contributed by atoms with Crippen molar-refractivity contribution in [1.82, 2.24) is 0 Å². The Hall–Kier alpha value is -1.02. The van der Waals surface area contributed by atoms with Crippen LogP contribution in [0.5, 0.6) is 0 Å². The monoisotopic (exact) mass is 443 g/mol. The van der Waals surface area contributed by atoms with E-state index < -0.39 is 0 Å². The van der Waals surface area contributed by atoms with Crippen LogP contribution in [0.25, 0.3) is 0 Å². The highest BCUT2D eigenvalue weighted by Crippen LogP contribution is 2.60. The second-order valence-electron chi connectivity index (χ2n) is 9.86. The third kappa shape index (κ3) is 4.75. The molecule has 2 unspecified atom stereocenters. The lowest BCUT2D eigenvalue weighted by Gasteiger charge is -2.44. The summed E-state index contributed by atoms with van der Waals surface area (Å²) in [5.41, 5.74) is 5.97. The molecule has 0 aromatic heterocycles. The van der Waals surface area contributed by atoms with Crippen LogP contribution in [0.2, 0.25) is 0 Å². The van der Waals surface area contributed by atoms with E-state index in [0.29, 0.717) is 11.5 Å². The molecule has 2 fully saturated rings. The number of aryl methyl sites for hydroxylation is 1. The standard InChI is InChI=1S/C26H38BrN/c1-18(2)15-23(28-22-10-8-19(3)9-11-22)16-20(4)24-12-13-25-21(17-27)7-6-14-26(24,25)5/h8-11,17,20,23-25,28H,1,6-7,12-16H2,2-5H3/b21-17+/t20-,23?,24-,25?,26-/m1/s1. The highest BCUT2D eigenvalue weighted by atomic mass is 79.9. The zero-order valence-electron chi connectivity index (χ0n) is 18.2. The summed E-state index contributed by atoms with van der Waals surface area (Å²) in [7, 11) is 0. The Morgan fingerprint density at radius 1 is 1.32 bits per heavy atom. The van der Waals surface area contributed by atoms with Crippen molar-refractivity contribution in [2.75, 3.05) is 5.32 Å². The Balaban J connectivity index is 1.71. The Kier molecular flexibility index (Phi) is 7.12. The van der Waals surface area contributed by atoms with Crippen molar-refractivity contribution in [3.05, 3.63) is 52.5 Å². The molecular weight excluding hydrogens is 406 g/mol. The van der Waals surface area contributed by atoms with Gasteiger partial charge in [-0.05, 0) is 99.1 Å². The molecule has 0 spiro atoms. The van der Waals surface area contributed by atoms with E-state index in [1.807, 2.05) is 0 Å². The summed E-state index contributed by atoms with van der Waals surface area (Å²) in [6.45, 7) is 13.6. The summed E-state index contributed by atoms with van der Waals surface area (Å²) in [5, 5.41) is 3.82. The van der Waals surface area contributed by atoms with E-state index in [4.69, 9.17) is 0 Å². The van der Waals surface area contributed by atoms with Gasteiger partial charge in [-0.25, -0.2) is 0 Å². The number of fused-ring (bicyclic) bond motifs is 1. The number of hydrogen-bond donors (Lipinski definition) is 1. The quantitative estimate of drug-likeness (QED) is 0.417. The third-order valence-electron chi connectivity index (χ3n) is 7.54. The average molecular weight is 445 g/mol. The van der Waals surface area contributed by atoms with Crippen LogP contribution in [-0.4, -0.2) is 6.04 Å². The van der Waals surface area contributed by atoms with Crippen molar-refractivity contribution >= 4 is 21.6 Å². The van der Waals surface area contributed by atoms with Crippen LogP contribution >= 0.6 is 15.9 Å². The molecule has 0 heterocycles. The van der Waals surface area contributed by atoms with Crippen LogP contribution in [0, 0.1) is 30.1 Å². The van der Waals surface area contributed by atoms with E-state index in [9.17, 15) is 0 Å². The largest absolute Gasteiger partial charge is 0.382 e. The minimum absolute atomic E-state index is 0.465. The first kappa shape index (κ1) is 21.7. The minimum Gasteiger partial charge on any atom is -0.382 e. The lowest BCUT2D eigenvalue weighted by Crippen LogP contribution is -2.37. The topological polar surface area (TPSA) is 12.0 Å². The van der Waals surface area contributed by atoms with E-state index in [1.54, 1.807) is 5.57 Å². The molecule has 1 N–H and O–H groups in total. The zero-order chi connectivity index (χ0) is 20.3. The van der Waals surface area contributed by atoms with Crippen LogP contribution in [0.3, 0.4) is 0 Å². The third-order valence-corrected chi connectivity index (χ3v) is 8.13. The highest BCUT2D eigenvalue weighted by Gasteiger charge is 2.50. The van der Waals surface area contributed by atoms with Gasteiger partial charge in [0, 0.05) is 11.7 Å². The summed E-state index contributed by atoms with van der Waals surface area (Å²) < 4.78 is 0. The van der Waals surface area contributed by atoms with Crippen molar-refractivity contribution < 1.29 is 0 Å². The second kappa shape index (κ2) is 9.20. The minimum atomic E-state index is 0.465. The number of rotatable bonds is 7. The van der Waals surface area contributed by atoms with Crippen molar-refractivity contribution in [2.45, 2.75) is 78.7 Å². The molecule has 0 amide bonds. The second-order valence-corrected chi connectivity index (χ2v) is 10.3. The number of halogens is 1.